The van der Waals surface area contributed by atoms with E-state index in [1.54, 1.807) is 23.5 Å². The molecule has 0 fully saturated rings. The molecule has 0 spiro atoms. The van der Waals surface area contributed by atoms with E-state index in [4.69, 9.17) is 9.47 Å². The van der Waals surface area contributed by atoms with E-state index in [-0.39, 0.29) is 4.90 Å². The number of sulfonamides is 1. The van der Waals surface area contributed by atoms with E-state index in [1.807, 2.05) is 30.5 Å². The zero-order valence-corrected chi connectivity index (χ0v) is 17.4. The zero-order valence-electron chi connectivity index (χ0n) is 15.8. The van der Waals surface area contributed by atoms with Gasteiger partial charge in [-0.3, -0.25) is 4.31 Å². The molecular formula is C20H20N2O4S2. The molecule has 28 heavy (non-hydrogen) atoms. The highest BCUT2D eigenvalue weighted by atomic mass is 32.2. The lowest BCUT2D eigenvalue weighted by molar-refractivity contribution is 0.392. The number of hydrogen-bond donors (Lipinski definition) is 0. The van der Waals surface area contributed by atoms with Crippen molar-refractivity contribution in [3.05, 3.63) is 52.3 Å². The van der Waals surface area contributed by atoms with Crippen LogP contribution < -0.4 is 13.8 Å². The monoisotopic (exact) mass is 416 g/mol. The van der Waals surface area contributed by atoms with Crippen LogP contribution in [0.4, 0.5) is 5.69 Å². The second-order valence-electron chi connectivity index (χ2n) is 6.44. The third kappa shape index (κ3) is 3.12. The van der Waals surface area contributed by atoms with Crippen LogP contribution in [0.3, 0.4) is 0 Å². The first-order valence-electron chi connectivity index (χ1n) is 8.74. The van der Waals surface area contributed by atoms with Crippen LogP contribution >= 0.6 is 11.3 Å². The van der Waals surface area contributed by atoms with Gasteiger partial charge in [0.2, 0.25) is 0 Å². The van der Waals surface area contributed by atoms with Gasteiger partial charge in [0.15, 0.2) is 0 Å². The van der Waals surface area contributed by atoms with Crippen molar-refractivity contribution in [2.45, 2.75) is 18.2 Å². The number of methoxy groups -OCH3 is 2. The summed E-state index contributed by atoms with van der Waals surface area (Å²) in [5, 5.41) is 3.02. The highest BCUT2D eigenvalue weighted by molar-refractivity contribution is 7.93. The number of aromatic nitrogens is 1. The second kappa shape index (κ2) is 7.10. The third-order valence-electron chi connectivity index (χ3n) is 4.79. The standard InChI is InChI=1S/C20H20N2O4S2/c1-13-21-17(12-27-13)14-4-6-18-15(10-14)8-9-22(18)28(23,24)20-11-16(25-2)5-7-19(20)26-3/h4-7,10-12H,8-9H2,1-3H3. The summed E-state index contributed by atoms with van der Waals surface area (Å²) in [6.07, 6.45) is 0.651. The average Bonchev–Trinajstić information content (AvgIpc) is 3.33. The molecular weight excluding hydrogens is 396 g/mol. The van der Waals surface area contributed by atoms with E-state index >= 15 is 0 Å². The topological polar surface area (TPSA) is 68.7 Å². The van der Waals surface area contributed by atoms with Crippen LogP contribution in [-0.2, 0) is 16.4 Å². The molecule has 0 amide bonds. The minimum Gasteiger partial charge on any atom is -0.497 e. The van der Waals surface area contributed by atoms with Crippen molar-refractivity contribution in [1.29, 1.82) is 0 Å². The Bertz CT molecular complexity index is 1140. The molecule has 0 N–H and O–H groups in total. The number of thiazole rings is 1. The first-order valence-corrected chi connectivity index (χ1v) is 11.1. The summed E-state index contributed by atoms with van der Waals surface area (Å²) in [7, 11) is -0.822. The fourth-order valence-corrected chi connectivity index (χ4v) is 5.68. The molecule has 0 bridgehead atoms. The molecule has 0 radical (unpaired) electrons. The van der Waals surface area contributed by atoms with Gasteiger partial charge in [-0.25, -0.2) is 13.4 Å². The Morgan fingerprint density at radius 2 is 1.93 bits per heavy atom. The SMILES string of the molecule is COc1ccc(OC)c(S(=O)(=O)N2CCc3cc(-c4csc(C)n4)ccc32)c1. The van der Waals surface area contributed by atoms with E-state index in [0.717, 1.165) is 21.8 Å². The van der Waals surface area contributed by atoms with Gasteiger partial charge in [-0.05, 0) is 43.2 Å². The lowest BCUT2D eigenvalue weighted by atomic mass is 10.1. The molecule has 0 unspecified atom stereocenters. The lowest BCUT2D eigenvalue weighted by Crippen LogP contribution is -2.29. The van der Waals surface area contributed by atoms with Crippen LogP contribution in [0.15, 0.2) is 46.7 Å². The average molecular weight is 417 g/mol. The van der Waals surface area contributed by atoms with Crippen molar-refractivity contribution in [1.82, 2.24) is 4.98 Å². The summed E-state index contributed by atoms with van der Waals surface area (Å²) in [5.41, 5.74) is 3.61. The molecule has 1 aliphatic rings. The Balaban J connectivity index is 1.75. The quantitative estimate of drug-likeness (QED) is 0.631. The molecule has 0 saturated carbocycles. The van der Waals surface area contributed by atoms with Crippen molar-refractivity contribution in [3.8, 4) is 22.8 Å². The van der Waals surface area contributed by atoms with Gasteiger partial charge in [-0.15, -0.1) is 11.3 Å². The predicted molar refractivity (Wildman–Crippen MR) is 110 cm³/mol. The largest absolute Gasteiger partial charge is 0.497 e. The molecule has 1 aromatic heterocycles. The minimum atomic E-state index is -3.79. The summed E-state index contributed by atoms with van der Waals surface area (Å²) < 4.78 is 38.7. The Kier molecular flexibility index (Phi) is 4.76. The summed E-state index contributed by atoms with van der Waals surface area (Å²) in [5.74, 6) is 0.761. The fourth-order valence-electron chi connectivity index (χ4n) is 3.38. The first kappa shape index (κ1) is 18.8. The minimum absolute atomic E-state index is 0.0985. The molecule has 8 heteroatoms. The van der Waals surface area contributed by atoms with Crippen LogP contribution in [0.1, 0.15) is 10.6 Å². The van der Waals surface area contributed by atoms with Crippen LogP contribution in [0.5, 0.6) is 11.5 Å². The molecule has 0 atom stereocenters. The van der Waals surface area contributed by atoms with E-state index in [1.165, 1.54) is 24.6 Å². The lowest BCUT2D eigenvalue weighted by Gasteiger charge is -2.21. The van der Waals surface area contributed by atoms with E-state index in [9.17, 15) is 8.42 Å². The number of nitrogens with zero attached hydrogens (tertiary/aromatic N) is 2. The number of hydrogen-bond acceptors (Lipinski definition) is 6. The van der Waals surface area contributed by atoms with Gasteiger partial charge in [0.1, 0.15) is 16.4 Å². The number of ether oxygens (including phenoxy) is 2. The second-order valence-corrected chi connectivity index (χ2v) is 9.33. The molecule has 6 nitrogen and oxygen atoms in total. The molecule has 4 rings (SSSR count). The third-order valence-corrected chi connectivity index (χ3v) is 7.39. The summed E-state index contributed by atoms with van der Waals surface area (Å²) in [6.45, 7) is 2.36. The maximum atomic E-state index is 13.4. The van der Waals surface area contributed by atoms with Crippen molar-refractivity contribution >= 4 is 27.0 Å². The zero-order chi connectivity index (χ0) is 19.9. The number of fused-ring (bicyclic) bond motifs is 1. The highest BCUT2D eigenvalue weighted by Crippen LogP contribution is 2.38. The Labute approximate surface area is 168 Å². The molecule has 0 aliphatic carbocycles. The van der Waals surface area contributed by atoms with Gasteiger partial charge < -0.3 is 9.47 Å². The summed E-state index contributed by atoms with van der Waals surface area (Å²) in [4.78, 5) is 4.62. The fraction of sp³-hybridized carbons (Fsp3) is 0.250. The van der Waals surface area contributed by atoms with Crippen molar-refractivity contribution < 1.29 is 17.9 Å². The van der Waals surface area contributed by atoms with E-state index in [2.05, 4.69) is 4.98 Å². The Morgan fingerprint density at radius 3 is 2.61 bits per heavy atom. The first-order chi connectivity index (χ1) is 13.4. The number of benzene rings is 2. The Morgan fingerprint density at radius 1 is 1.11 bits per heavy atom. The van der Waals surface area contributed by atoms with E-state index in [0.29, 0.717) is 30.2 Å². The normalized spacial score (nSPS) is 13.5. The highest BCUT2D eigenvalue weighted by Gasteiger charge is 2.33. The van der Waals surface area contributed by atoms with Gasteiger partial charge in [0, 0.05) is 23.6 Å². The maximum absolute atomic E-state index is 13.4. The molecule has 0 saturated heterocycles. The summed E-state index contributed by atoms with van der Waals surface area (Å²) >= 11 is 1.60. The van der Waals surface area contributed by atoms with Crippen LogP contribution in [0.2, 0.25) is 0 Å². The van der Waals surface area contributed by atoms with Crippen LogP contribution in [0.25, 0.3) is 11.3 Å². The van der Waals surface area contributed by atoms with Gasteiger partial charge >= 0.3 is 0 Å². The Hall–Kier alpha value is -2.58. The smallest absolute Gasteiger partial charge is 0.268 e. The molecule has 1 aliphatic heterocycles. The van der Waals surface area contributed by atoms with Crippen LogP contribution in [-0.4, -0.2) is 34.2 Å². The maximum Gasteiger partial charge on any atom is 0.268 e. The molecule has 3 aromatic rings. The molecule has 2 heterocycles. The number of aryl methyl sites for hydroxylation is 1. The number of rotatable bonds is 5. The summed E-state index contributed by atoms with van der Waals surface area (Å²) in [6, 6.07) is 10.6. The van der Waals surface area contributed by atoms with Crippen LogP contribution in [0, 0.1) is 6.92 Å². The van der Waals surface area contributed by atoms with E-state index < -0.39 is 10.0 Å². The van der Waals surface area contributed by atoms with Crippen molar-refractivity contribution in [2.75, 3.05) is 25.1 Å². The van der Waals surface area contributed by atoms with Gasteiger partial charge in [0.05, 0.1) is 30.6 Å². The molecule has 146 valence electrons. The predicted octanol–water partition coefficient (Wildman–Crippen LogP) is 3.89. The van der Waals surface area contributed by atoms with Gasteiger partial charge in [0.25, 0.3) is 10.0 Å². The number of anilines is 1. The molecule has 2 aromatic carbocycles. The van der Waals surface area contributed by atoms with Gasteiger partial charge in [-0.1, -0.05) is 6.07 Å². The van der Waals surface area contributed by atoms with Crippen molar-refractivity contribution in [2.24, 2.45) is 0 Å². The van der Waals surface area contributed by atoms with Gasteiger partial charge in [-0.2, -0.15) is 0 Å². The van der Waals surface area contributed by atoms with Crippen molar-refractivity contribution in [3.63, 3.8) is 0 Å².